The molecular formula is C16H27NO2Si. The van der Waals surface area contributed by atoms with E-state index in [9.17, 15) is 0 Å². The van der Waals surface area contributed by atoms with Crippen LogP contribution in [0.15, 0.2) is 42.5 Å². The van der Waals surface area contributed by atoms with Gasteiger partial charge in [-0.15, -0.1) is 0 Å². The molecule has 1 aromatic rings. The van der Waals surface area contributed by atoms with Gasteiger partial charge >= 0.3 is 0 Å². The number of hydrogen-bond acceptors (Lipinski definition) is 3. The van der Waals surface area contributed by atoms with Gasteiger partial charge in [-0.1, -0.05) is 39.0 Å². The lowest BCUT2D eigenvalue weighted by Crippen LogP contribution is -2.42. The molecule has 0 aromatic heterocycles. The van der Waals surface area contributed by atoms with E-state index >= 15 is 0 Å². The Morgan fingerprint density at radius 2 is 1.65 bits per heavy atom. The normalized spacial score (nSPS) is 13.1. The van der Waals surface area contributed by atoms with Gasteiger partial charge in [-0.2, -0.15) is 0 Å². The lowest BCUT2D eigenvalue weighted by Gasteiger charge is -2.38. The van der Waals surface area contributed by atoms with Gasteiger partial charge in [0, 0.05) is 14.1 Å². The molecular weight excluding hydrogens is 266 g/mol. The predicted molar refractivity (Wildman–Crippen MR) is 87.1 cm³/mol. The summed E-state index contributed by atoms with van der Waals surface area (Å²) in [5.41, 5.74) is 0. The average Bonchev–Trinajstić information content (AvgIpc) is 2.34. The van der Waals surface area contributed by atoms with Crippen molar-refractivity contribution >= 4 is 8.32 Å². The van der Waals surface area contributed by atoms with Crippen LogP contribution in [0.5, 0.6) is 5.75 Å². The van der Waals surface area contributed by atoms with Crippen molar-refractivity contribution in [3.63, 3.8) is 0 Å². The number of rotatable bonds is 5. The first-order chi connectivity index (χ1) is 9.13. The van der Waals surface area contributed by atoms with Crippen molar-refractivity contribution in [2.24, 2.45) is 0 Å². The molecule has 0 N–H and O–H groups in total. The molecule has 0 aliphatic rings. The Kier molecular flexibility index (Phi) is 5.28. The fraction of sp³-hybridized carbons (Fsp3) is 0.500. The quantitative estimate of drug-likeness (QED) is 0.591. The molecule has 0 unspecified atom stereocenters. The van der Waals surface area contributed by atoms with Crippen LogP contribution in [0.2, 0.25) is 18.1 Å². The second-order valence-electron chi connectivity index (χ2n) is 6.64. The number of nitrogens with zero attached hydrogens (tertiary/aromatic N) is 1. The summed E-state index contributed by atoms with van der Waals surface area (Å²) >= 11 is 0. The molecule has 0 bridgehead atoms. The molecule has 0 aliphatic carbocycles. The molecule has 4 heteroatoms. The van der Waals surface area contributed by atoms with E-state index in [1.165, 1.54) is 0 Å². The van der Waals surface area contributed by atoms with E-state index in [0.29, 0.717) is 0 Å². The van der Waals surface area contributed by atoms with Crippen LogP contribution < -0.4 is 4.74 Å². The SMILES string of the molecule is CN(C)/C(=C\Oc1ccccc1)O[Si](C)(C)C(C)(C)C. The third-order valence-electron chi connectivity index (χ3n) is 3.65. The van der Waals surface area contributed by atoms with Crippen LogP contribution >= 0.6 is 0 Å². The van der Waals surface area contributed by atoms with Gasteiger partial charge in [0.1, 0.15) is 12.0 Å². The third-order valence-corrected chi connectivity index (χ3v) is 7.98. The maximum atomic E-state index is 6.29. The zero-order valence-electron chi connectivity index (χ0n) is 13.7. The molecule has 0 radical (unpaired) electrons. The van der Waals surface area contributed by atoms with Gasteiger partial charge in [0.25, 0.3) is 8.32 Å². The van der Waals surface area contributed by atoms with Gasteiger partial charge < -0.3 is 14.1 Å². The molecule has 0 fully saturated rings. The molecule has 0 saturated heterocycles. The van der Waals surface area contributed by atoms with Gasteiger partial charge in [-0.25, -0.2) is 0 Å². The Bertz CT molecular complexity index is 447. The highest BCUT2D eigenvalue weighted by Crippen LogP contribution is 2.38. The van der Waals surface area contributed by atoms with Crippen LogP contribution in [0.25, 0.3) is 0 Å². The van der Waals surface area contributed by atoms with Crippen molar-refractivity contribution in [3.05, 3.63) is 42.5 Å². The fourth-order valence-corrected chi connectivity index (χ4v) is 2.31. The monoisotopic (exact) mass is 293 g/mol. The topological polar surface area (TPSA) is 21.7 Å². The van der Waals surface area contributed by atoms with Crippen LogP contribution in [0.1, 0.15) is 20.8 Å². The molecule has 20 heavy (non-hydrogen) atoms. The van der Waals surface area contributed by atoms with Gasteiger partial charge in [0.2, 0.25) is 5.88 Å². The molecule has 0 heterocycles. The Morgan fingerprint density at radius 3 is 2.10 bits per heavy atom. The van der Waals surface area contributed by atoms with E-state index in [-0.39, 0.29) is 5.04 Å². The minimum absolute atomic E-state index is 0.162. The van der Waals surface area contributed by atoms with Crippen LogP contribution in [0.3, 0.4) is 0 Å². The Morgan fingerprint density at radius 1 is 1.10 bits per heavy atom. The highest BCUT2D eigenvalue weighted by atomic mass is 28.4. The Hall–Kier alpha value is -1.42. The molecule has 3 nitrogen and oxygen atoms in total. The van der Waals surface area contributed by atoms with Gasteiger partial charge in [0.05, 0.1) is 0 Å². The van der Waals surface area contributed by atoms with Crippen molar-refractivity contribution in [1.29, 1.82) is 0 Å². The summed E-state index contributed by atoms with van der Waals surface area (Å²) in [6, 6.07) is 9.72. The van der Waals surface area contributed by atoms with Crippen molar-refractivity contribution < 1.29 is 9.16 Å². The minimum atomic E-state index is -1.86. The van der Waals surface area contributed by atoms with Crippen molar-refractivity contribution in [1.82, 2.24) is 4.90 Å². The molecule has 0 spiro atoms. The van der Waals surface area contributed by atoms with E-state index in [2.05, 4.69) is 33.9 Å². The molecule has 1 rings (SSSR count). The number of benzene rings is 1. The standard InChI is InChI=1S/C16H27NO2Si/c1-16(2,3)20(6,7)19-15(17(4)5)13-18-14-11-9-8-10-12-14/h8-13H,1-7H3/b15-13+. The largest absolute Gasteiger partial charge is 0.530 e. The maximum absolute atomic E-state index is 6.29. The summed E-state index contributed by atoms with van der Waals surface area (Å²) in [6.45, 7) is 11.1. The molecule has 0 aliphatic heterocycles. The number of para-hydroxylation sites is 1. The van der Waals surface area contributed by atoms with Crippen LogP contribution in [0.4, 0.5) is 0 Å². The minimum Gasteiger partial charge on any atom is -0.530 e. The number of ether oxygens (including phenoxy) is 1. The van der Waals surface area contributed by atoms with Gasteiger partial charge in [-0.3, -0.25) is 0 Å². The van der Waals surface area contributed by atoms with E-state index in [0.717, 1.165) is 11.6 Å². The summed E-state index contributed by atoms with van der Waals surface area (Å²) in [5, 5.41) is 0.162. The van der Waals surface area contributed by atoms with Gasteiger partial charge in [0.15, 0.2) is 0 Å². The van der Waals surface area contributed by atoms with Crippen LogP contribution in [-0.4, -0.2) is 27.3 Å². The number of hydrogen-bond donors (Lipinski definition) is 0. The average molecular weight is 293 g/mol. The summed E-state index contributed by atoms with van der Waals surface area (Å²) in [5.74, 6) is 1.58. The summed E-state index contributed by atoms with van der Waals surface area (Å²) in [6.07, 6.45) is 1.69. The zero-order chi connectivity index (χ0) is 15.4. The first-order valence-electron chi connectivity index (χ1n) is 6.92. The zero-order valence-corrected chi connectivity index (χ0v) is 14.7. The van der Waals surface area contributed by atoms with E-state index in [1.807, 2.05) is 49.3 Å². The molecule has 0 amide bonds. The lowest BCUT2D eigenvalue weighted by molar-refractivity contribution is 0.243. The maximum Gasteiger partial charge on any atom is 0.252 e. The molecule has 0 atom stereocenters. The summed E-state index contributed by atoms with van der Waals surface area (Å²) in [7, 11) is 2.07. The lowest BCUT2D eigenvalue weighted by atomic mass is 10.2. The highest BCUT2D eigenvalue weighted by molar-refractivity contribution is 6.74. The van der Waals surface area contributed by atoms with Crippen molar-refractivity contribution in [3.8, 4) is 5.75 Å². The first-order valence-corrected chi connectivity index (χ1v) is 9.82. The predicted octanol–water partition coefficient (Wildman–Crippen LogP) is 4.45. The second kappa shape index (κ2) is 6.35. The van der Waals surface area contributed by atoms with E-state index < -0.39 is 8.32 Å². The first kappa shape index (κ1) is 16.6. The van der Waals surface area contributed by atoms with Crippen LogP contribution in [-0.2, 0) is 4.43 Å². The molecule has 0 saturated carbocycles. The van der Waals surface area contributed by atoms with E-state index in [1.54, 1.807) is 6.26 Å². The second-order valence-corrected chi connectivity index (χ2v) is 11.4. The fourth-order valence-electron chi connectivity index (χ4n) is 1.25. The molecule has 112 valence electrons. The Labute approximate surface area is 124 Å². The van der Waals surface area contributed by atoms with E-state index in [4.69, 9.17) is 9.16 Å². The summed E-state index contributed by atoms with van der Waals surface area (Å²) in [4.78, 5) is 1.95. The highest BCUT2D eigenvalue weighted by Gasteiger charge is 2.39. The van der Waals surface area contributed by atoms with Gasteiger partial charge in [-0.05, 0) is 30.3 Å². The smallest absolute Gasteiger partial charge is 0.252 e. The third kappa shape index (κ3) is 4.60. The Balaban J connectivity index is 2.85. The molecule has 1 aromatic carbocycles. The summed E-state index contributed by atoms with van der Waals surface area (Å²) < 4.78 is 12.0. The van der Waals surface area contributed by atoms with Crippen molar-refractivity contribution in [2.45, 2.75) is 38.9 Å². The van der Waals surface area contributed by atoms with Crippen LogP contribution in [0, 0.1) is 0 Å². The van der Waals surface area contributed by atoms with Crippen molar-refractivity contribution in [2.75, 3.05) is 14.1 Å².